The molecule has 0 unspecified atom stereocenters. The molecule has 3 nitrogen and oxygen atoms in total. The molecular formula is C22H19F3N3+. The fraction of sp³-hybridized carbons (Fsp3) is 0.227. The summed E-state index contributed by atoms with van der Waals surface area (Å²) in [5.41, 5.74) is 4.99. The van der Waals surface area contributed by atoms with Gasteiger partial charge in [0.05, 0.1) is 11.1 Å². The van der Waals surface area contributed by atoms with Gasteiger partial charge in [0, 0.05) is 0 Å². The van der Waals surface area contributed by atoms with E-state index >= 15 is 0 Å². The normalized spacial score (nSPS) is 12.1. The number of hydrogen-bond acceptors (Lipinski definition) is 2. The first-order chi connectivity index (χ1) is 13.1. The van der Waals surface area contributed by atoms with Crippen LogP contribution in [0.5, 0.6) is 0 Å². The average Bonchev–Trinajstić information content (AvgIpc) is 2.61. The van der Waals surface area contributed by atoms with Crippen LogP contribution in [-0.4, -0.2) is 10.1 Å². The molecule has 4 aromatic rings. The van der Waals surface area contributed by atoms with E-state index in [1.807, 2.05) is 6.92 Å². The molecule has 0 radical (unpaired) electrons. The summed E-state index contributed by atoms with van der Waals surface area (Å²) < 4.78 is 40.7. The van der Waals surface area contributed by atoms with Crippen LogP contribution in [0, 0.1) is 20.8 Å². The van der Waals surface area contributed by atoms with Gasteiger partial charge in [-0.15, -0.1) is 4.68 Å². The lowest BCUT2D eigenvalue weighted by Crippen LogP contribution is -2.37. The Morgan fingerprint density at radius 1 is 0.857 bits per heavy atom. The predicted octanol–water partition coefficient (Wildman–Crippen LogP) is 5.22. The van der Waals surface area contributed by atoms with Crippen molar-refractivity contribution in [1.29, 1.82) is 0 Å². The van der Waals surface area contributed by atoms with Gasteiger partial charge in [0.2, 0.25) is 5.52 Å². The third-order valence-corrected chi connectivity index (χ3v) is 5.10. The van der Waals surface area contributed by atoms with E-state index in [0.29, 0.717) is 21.8 Å². The van der Waals surface area contributed by atoms with E-state index < -0.39 is 11.7 Å². The molecule has 0 spiro atoms. The van der Waals surface area contributed by atoms with Crippen molar-refractivity contribution in [2.45, 2.75) is 26.9 Å². The highest BCUT2D eigenvalue weighted by Crippen LogP contribution is 2.32. The summed E-state index contributed by atoms with van der Waals surface area (Å²) in [5, 5.41) is 5.76. The number of hydrogen-bond donors (Lipinski definition) is 0. The van der Waals surface area contributed by atoms with Gasteiger partial charge in [-0.1, -0.05) is 17.2 Å². The highest BCUT2D eigenvalue weighted by molar-refractivity contribution is 5.95. The summed E-state index contributed by atoms with van der Waals surface area (Å²) >= 11 is 0. The maximum Gasteiger partial charge on any atom is 0.416 e. The molecule has 1 aromatic heterocycles. The minimum absolute atomic E-state index is 0.493. The first-order valence-corrected chi connectivity index (χ1v) is 8.91. The van der Waals surface area contributed by atoms with Gasteiger partial charge in [0.1, 0.15) is 7.05 Å². The second-order valence-electron chi connectivity index (χ2n) is 7.21. The van der Waals surface area contributed by atoms with E-state index in [1.165, 1.54) is 11.6 Å². The van der Waals surface area contributed by atoms with Crippen LogP contribution in [0.4, 0.5) is 13.2 Å². The van der Waals surface area contributed by atoms with Gasteiger partial charge in [-0.3, -0.25) is 0 Å². The number of rotatable bonds is 1. The second-order valence-corrected chi connectivity index (χ2v) is 7.21. The molecule has 3 aromatic carbocycles. The number of fused-ring (bicyclic) bond motifs is 2. The number of halogens is 3. The summed E-state index contributed by atoms with van der Waals surface area (Å²) in [6.07, 6.45) is -4.37. The molecular weight excluding hydrogens is 363 g/mol. The minimum atomic E-state index is -4.37. The Balaban J connectivity index is 1.95. The van der Waals surface area contributed by atoms with E-state index in [4.69, 9.17) is 4.98 Å². The Morgan fingerprint density at radius 3 is 2.29 bits per heavy atom. The van der Waals surface area contributed by atoms with Crippen LogP contribution in [-0.2, 0) is 13.2 Å². The lowest BCUT2D eigenvalue weighted by Gasteiger charge is -2.09. The van der Waals surface area contributed by atoms with Crippen molar-refractivity contribution < 1.29 is 17.9 Å². The molecule has 0 aliphatic carbocycles. The van der Waals surface area contributed by atoms with Crippen LogP contribution in [0.1, 0.15) is 22.3 Å². The van der Waals surface area contributed by atoms with E-state index in [9.17, 15) is 13.2 Å². The molecule has 0 saturated heterocycles. The van der Waals surface area contributed by atoms with Gasteiger partial charge in [0.15, 0.2) is 5.52 Å². The molecule has 0 fully saturated rings. The highest BCUT2D eigenvalue weighted by atomic mass is 19.4. The predicted molar refractivity (Wildman–Crippen MR) is 103 cm³/mol. The summed E-state index contributed by atoms with van der Waals surface area (Å²) in [6.45, 7) is 6.15. The van der Waals surface area contributed by atoms with E-state index in [0.717, 1.165) is 34.6 Å². The number of alkyl halides is 3. The summed E-state index contributed by atoms with van der Waals surface area (Å²) in [5.74, 6) is 0.725. The highest BCUT2D eigenvalue weighted by Gasteiger charge is 2.30. The van der Waals surface area contributed by atoms with Crippen molar-refractivity contribution in [3.63, 3.8) is 0 Å². The van der Waals surface area contributed by atoms with Crippen LogP contribution < -0.4 is 4.68 Å². The Bertz CT molecular complexity index is 1240. The molecule has 0 aliphatic rings. The maximum atomic E-state index is 13.0. The smallest absolute Gasteiger partial charge is 0.166 e. The van der Waals surface area contributed by atoms with Crippen molar-refractivity contribution in [1.82, 2.24) is 10.1 Å². The van der Waals surface area contributed by atoms with Gasteiger partial charge in [0.25, 0.3) is 0 Å². The van der Waals surface area contributed by atoms with Crippen LogP contribution in [0.25, 0.3) is 33.2 Å². The number of nitrogens with zero attached hydrogens (tertiary/aromatic N) is 3. The third-order valence-electron chi connectivity index (χ3n) is 5.10. The number of aromatic nitrogens is 3. The van der Waals surface area contributed by atoms with Gasteiger partial charge in [-0.25, -0.2) is 0 Å². The standard InChI is InChI=1S/C22H19F3N3/c1-12-7-13(2)14(3)18(8-12)21-26-19-10-15-5-6-17(22(23,24)25)9-16(15)11-20(19)27-28(21)4/h5-11H,1-4H3/q+1. The summed E-state index contributed by atoms with van der Waals surface area (Å²) in [6, 6.07) is 11.4. The van der Waals surface area contributed by atoms with Crippen molar-refractivity contribution in [3.8, 4) is 11.4 Å². The van der Waals surface area contributed by atoms with Crippen LogP contribution in [0.2, 0.25) is 0 Å². The van der Waals surface area contributed by atoms with Crippen molar-refractivity contribution >= 4 is 21.8 Å². The molecule has 6 heteroatoms. The van der Waals surface area contributed by atoms with Crippen LogP contribution >= 0.6 is 0 Å². The SMILES string of the molecule is Cc1cc(C)c(C)c(-c2nc3cc4ccc(C(F)(F)F)cc4cc3n[n+]2C)c1. The van der Waals surface area contributed by atoms with E-state index in [-0.39, 0.29) is 0 Å². The molecule has 0 bridgehead atoms. The minimum Gasteiger partial charge on any atom is -0.166 e. The molecule has 0 atom stereocenters. The fourth-order valence-electron chi connectivity index (χ4n) is 3.52. The van der Waals surface area contributed by atoms with Gasteiger partial charge >= 0.3 is 12.0 Å². The molecule has 1 heterocycles. The van der Waals surface area contributed by atoms with Crippen molar-refractivity contribution in [3.05, 3.63) is 64.7 Å². The monoisotopic (exact) mass is 382 g/mol. The zero-order valence-electron chi connectivity index (χ0n) is 16.0. The second kappa shape index (κ2) is 6.26. The van der Waals surface area contributed by atoms with Gasteiger partial charge < -0.3 is 0 Å². The Hall–Kier alpha value is -3.02. The lowest BCUT2D eigenvalue weighted by molar-refractivity contribution is -0.720. The first-order valence-electron chi connectivity index (χ1n) is 8.91. The van der Waals surface area contributed by atoms with Crippen LogP contribution in [0.3, 0.4) is 0 Å². The quantitative estimate of drug-likeness (QED) is 0.334. The first kappa shape index (κ1) is 18.3. The third kappa shape index (κ3) is 3.09. The number of benzene rings is 3. The molecule has 0 saturated carbocycles. The van der Waals surface area contributed by atoms with Crippen LogP contribution in [0.15, 0.2) is 42.5 Å². The average molecular weight is 382 g/mol. The Kier molecular flexibility index (Phi) is 4.10. The molecule has 0 N–H and O–H groups in total. The lowest BCUT2D eigenvalue weighted by atomic mass is 9.99. The van der Waals surface area contributed by atoms with E-state index in [2.05, 4.69) is 31.1 Å². The largest absolute Gasteiger partial charge is 0.416 e. The molecule has 0 amide bonds. The Labute approximate surface area is 160 Å². The molecule has 28 heavy (non-hydrogen) atoms. The summed E-state index contributed by atoms with van der Waals surface area (Å²) in [7, 11) is 1.80. The fourth-order valence-corrected chi connectivity index (χ4v) is 3.52. The molecule has 142 valence electrons. The summed E-state index contributed by atoms with van der Waals surface area (Å²) in [4.78, 5) is 4.79. The van der Waals surface area contributed by atoms with Gasteiger partial charge in [-0.05, 0) is 83.5 Å². The zero-order chi connectivity index (χ0) is 20.2. The maximum absolute atomic E-state index is 13.0. The number of aryl methyl sites for hydroxylation is 3. The molecule has 4 rings (SSSR count). The van der Waals surface area contributed by atoms with Gasteiger partial charge in [-0.2, -0.15) is 13.2 Å². The topological polar surface area (TPSA) is 29.7 Å². The van der Waals surface area contributed by atoms with Crippen molar-refractivity contribution in [2.24, 2.45) is 7.05 Å². The van der Waals surface area contributed by atoms with E-state index in [1.54, 1.807) is 23.9 Å². The Morgan fingerprint density at radius 2 is 1.57 bits per heavy atom. The van der Waals surface area contributed by atoms with Crippen molar-refractivity contribution in [2.75, 3.05) is 0 Å². The zero-order valence-corrected chi connectivity index (χ0v) is 16.0. The molecule has 0 aliphatic heterocycles.